The van der Waals surface area contributed by atoms with Crippen molar-refractivity contribution < 1.29 is 18.4 Å². The van der Waals surface area contributed by atoms with Gasteiger partial charge in [-0.1, -0.05) is 12.1 Å². The molecule has 24 heavy (non-hydrogen) atoms. The first-order chi connectivity index (χ1) is 11.2. The fourth-order valence-corrected chi connectivity index (χ4v) is 3.02. The first-order valence-corrected chi connectivity index (χ1v) is 8.44. The molecule has 2 aromatic rings. The highest BCUT2D eigenvalue weighted by Crippen LogP contribution is 2.31. The Bertz CT molecular complexity index is 867. The van der Waals surface area contributed by atoms with Crippen molar-refractivity contribution in [2.75, 3.05) is 19.0 Å². The number of phenolic OH excluding ortho intramolecular Hbond substituents is 1. The maximum absolute atomic E-state index is 11.8. The molecule has 0 atom stereocenters. The number of benzene rings is 2. The fraction of sp³-hybridized carbons (Fsp3) is 0.200. The van der Waals surface area contributed by atoms with Crippen LogP contribution in [-0.4, -0.2) is 32.5 Å². The highest BCUT2D eigenvalue weighted by molar-refractivity contribution is 7.89. The number of sulfonamides is 1. The number of hydrogen-bond donors (Lipinski definition) is 2. The molecule has 0 aliphatic carbocycles. The number of aromatic hydroxyl groups is 1. The van der Waals surface area contributed by atoms with Gasteiger partial charge in [0.25, 0.3) is 5.69 Å². The minimum Gasteiger partial charge on any atom is -0.508 e. The van der Waals surface area contributed by atoms with Crippen LogP contribution >= 0.6 is 0 Å². The van der Waals surface area contributed by atoms with Crippen molar-refractivity contribution in [1.82, 2.24) is 4.72 Å². The lowest BCUT2D eigenvalue weighted by Gasteiger charge is -2.20. The molecule has 9 heteroatoms. The van der Waals surface area contributed by atoms with Gasteiger partial charge in [-0.3, -0.25) is 10.1 Å². The first kappa shape index (κ1) is 17.7. The molecule has 2 rings (SSSR count). The number of phenols is 1. The third-order valence-electron chi connectivity index (χ3n) is 3.46. The molecule has 0 saturated carbocycles. The maximum Gasteiger partial charge on any atom is 0.293 e. The highest BCUT2D eigenvalue weighted by atomic mass is 32.2. The van der Waals surface area contributed by atoms with E-state index < -0.39 is 14.9 Å². The third-order valence-corrected chi connectivity index (χ3v) is 4.88. The van der Waals surface area contributed by atoms with Crippen molar-refractivity contribution in [3.8, 4) is 5.75 Å². The standard InChI is InChI=1S/C15H17N3O5S/c1-16-24(22,23)13-6-7-14(15(9-13)18(20)21)17(2)10-11-4-3-5-12(19)8-11/h3-9,16,19H,10H2,1-2H3. The van der Waals surface area contributed by atoms with Gasteiger partial charge in [-0.15, -0.1) is 0 Å². The molecule has 2 N–H and O–H groups in total. The molecule has 0 aliphatic heterocycles. The van der Waals surface area contributed by atoms with Crippen LogP contribution in [0.2, 0.25) is 0 Å². The van der Waals surface area contributed by atoms with E-state index >= 15 is 0 Å². The van der Waals surface area contributed by atoms with E-state index in [-0.39, 0.29) is 22.0 Å². The fourth-order valence-electron chi connectivity index (χ4n) is 2.27. The van der Waals surface area contributed by atoms with Gasteiger partial charge in [0.2, 0.25) is 10.0 Å². The topological polar surface area (TPSA) is 113 Å². The Morgan fingerprint density at radius 2 is 1.96 bits per heavy atom. The zero-order valence-electron chi connectivity index (χ0n) is 13.1. The second-order valence-corrected chi connectivity index (χ2v) is 7.03. The molecular formula is C15H17N3O5S. The van der Waals surface area contributed by atoms with E-state index in [0.29, 0.717) is 6.54 Å². The summed E-state index contributed by atoms with van der Waals surface area (Å²) in [6.45, 7) is 0.313. The van der Waals surface area contributed by atoms with Gasteiger partial charge in [-0.05, 0) is 36.9 Å². The van der Waals surface area contributed by atoms with Gasteiger partial charge in [-0.25, -0.2) is 13.1 Å². The zero-order chi connectivity index (χ0) is 17.9. The predicted octanol–water partition coefficient (Wildman–Crippen LogP) is 1.84. The van der Waals surface area contributed by atoms with E-state index in [0.717, 1.165) is 11.6 Å². The molecule has 0 spiro atoms. The lowest BCUT2D eigenvalue weighted by molar-refractivity contribution is -0.384. The van der Waals surface area contributed by atoms with Crippen LogP contribution in [0.1, 0.15) is 5.56 Å². The number of nitrogens with zero attached hydrogens (tertiary/aromatic N) is 2. The number of nitrogens with one attached hydrogen (secondary N) is 1. The van der Waals surface area contributed by atoms with Crippen molar-refractivity contribution in [1.29, 1.82) is 0 Å². The Labute approximate surface area is 139 Å². The molecule has 0 heterocycles. The summed E-state index contributed by atoms with van der Waals surface area (Å²) in [5, 5.41) is 20.8. The molecule has 0 aliphatic rings. The second kappa shape index (κ2) is 6.85. The van der Waals surface area contributed by atoms with Crippen LogP contribution in [0.3, 0.4) is 0 Å². The molecule has 2 aromatic carbocycles. The Balaban J connectivity index is 2.40. The molecule has 8 nitrogen and oxygen atoms in total. The molecule has 0 radical (unpaired) electrons. The SMILES string of the molecule is CNS(=O)(=O)c1ccc(N(C)Cc2cccc(O)c2)c([N+](=O)[O-])c1. The van der Waals surface area contributed by atoms with Crippen LogP contribution in [0, 0.1) is 10.1 Å². The summed E-state index contributed by atoms with van der Waals surface area (Å²) in [4.78, 5) is 12.1. The number of rotatable bonds is 6. The lowest BCUT2D eigenvalue weighted by Crippen LogP contribution is -2.20. The lowest BCUT2D eigenvalue weighted by atomic mass is 10.2. The molecular weight excluding hydrogens is 334 g/mol. The van der Waals surface area contributed by atoms with Gasteiger partial charge >= 0.3 is 0 Å². The van der Waals surface area contributed by atoms with E-state index in [4.69, 9.17) is 0 Å². The summed E-state index contributed by atoms with van der Waals surface area (Å²) < 4.78 is 25.7. The molecule has 128 valence electrons. The van der Waals surface area contributed by atoms with Crippen LogP contribution < -0.4 is 9.62 Å². The molecule has 0 bridgehead atoms. The Hall–Kier alpha value is -2.65. The van der Waals surface area contributed by atoms with E-state index in [1.165, 1.54) is 25.2 Å². The van der Waals surface area contributed by atoms with Crippen LogP contribution in [0.4, 0.5) is 11.4 Å². The summed E-state index contributed by atoms with van der Waals surface area (Å²) in [7, 11) is -0.877. The summed E-state index contributed by atoms with van der Waals surface area (Å²) in [6.07, 6.45) is 0. The average molecular weight is 351 g/mol. The van der Waals surface area contributed by atoms with E-state index in [1.54, 1.807) is 30.1 Å². The zero-order valence-corrected chi connectivity index (χ0v) is 13.9. The normalized spacial score (nSPS) is 11.2. The molecule has 0 fully saturated rings. The van der Waals surface area contributed by atoms with E-state index in [9.17, 15) is 23.6 Å². The van der Waals surface area contributed by atoms with Gasteiger partial charge < -0.3 is 10.0 Å². The summed E-state index contributed by atoms with van der Waals surface area (Å²) in [6, 6.07) is 10.3. The quantitative estimate of drug-likeness (QED) is 0.606. The van der Waals surface area contributed by atoms with E-state index in [1.807, 2.05) is 0 Å². The van der Waals surface area contributed by atoms with Gasteiger partial charge in [0.05, 0.1) is 9.82 Å². The monoisotopic (exact) mass is 351 g/mol. The third kappa shape index (κ3) is 3.81. The smallest absolute Gasteiger partial charge is 0.293 e. The van der Waals surface area contributed by atoms with Crippen molar-refractivity contribution in [2.45, 2.75) is 11.4 Å². The molecule has 0 unspecified atom stereocenters. The number of nitro benzene ring substituents is 1. The Kier molecular flexibility index (Phi) is 5.05. The van der Waals surface area contributed by atoms with Crippen LogP contribution in [0.5, 0.6) is 5.75 Å². The van der Waals surface area contributed by atoms with Crippen molar-refractivity contribution >= 4 is 21.4 Å². The van der Waals surface area contributed by atoms with Crippen molar-refractivity contribution in [3.63, 3.8) is 0 Å². The summed E-state index contributed by atoms with van der Waals surface area (Å²) in [5.41, 5.74) is 0.728. The average Bonchev–Trinajstić information content (AvgIpc) is 2.54. The summed E-state index contributed by atoms with van der Waals surface area (Å²) in [5.74, 6) is 0.103. The predicted molar refractivity (Wildman–Crippen MR) is 89.6 cm³/mol. The minimum atomic E-state index is -3.77. The maximum atomic E-state index is 11.8. The van der Waals surface area contributed by atoms with Crippen LogP contribution in [0.25, 0.3) is 0 Å². The Morgan fingerprint density at radius 1 is 1.25 bits per heavy atom. The molecule has 0 saturated heterocycles. The first-order valence-electron chi connectivity index (χ1n) is 6.95. The van der Waals surface area contributed by atoms with Crippen LogP contribution in [-0.2, 0) is 16.6 Å². The van der Waals surface area contributed by atoms with Gasteiger partial charge in [-0.2, -0.15) is 0 Å². The highest BCUT2D eigenvalue weighted by Gasteiger charge is 2.22. The number of nitro groups is 1. The van der Waals surface area contributed by atoms with Crippen molar-refractivity contribution in [3.05, 3.63) is 58.1 Å². The van der Waals surface area contributed by atoms with Gasteiger partial charge in [0.15, 0.2) is 0 Å². The van der Waals surface area contributed by atoms with Gasteiger partial charge in [0, 0.05) is 19.7 Å². The van der Waals surface area contributed by atoms with Crippen molar-refractivity contribution in [2.24, 2.45) is 0 Å². The van der Waals surface area contributed by atoms with Crippen LogP contribution in [0.15, 0.2) is 47.4 Å². The largest absolute Gasteiger partial charge is 0.508 e. The molecule has 0 aromatic heterocycles. The second-order valence-electron chi connectivity index (χ2n) is 5.14. The number of hydrogen-bond acceptors (Lipinski definition) is 6. The number of anilines is 1. The molecule has 0 amide bonds. The Morgan fingerprint density at radius 3 is 2.54 bits per heavy atom. The van der Waals surface area contributed by atoms with E-state index in [2.05, 4.69) is 4.72 Å². The summed E-state index contributed by atoms with van der Waals surface area (Å²) >= 11 is 0. The minimum absolute atomic E-state index is 0.103. The van der Waals surface area contributed by atoms with Gasteiger partial charge in [0.1, 0.15) is 11.4 Å².